The largest absolute Gasteiger partial charge is 0.409 e. The van der Waals surface area contributed by atoms with Gasteiger partial charge < -0.3 is 15.8 Å². The maximum Gasteiger partial charge on any atom is 0.253 e. The van der Waals surface area contributed by atoms with Crippen LogP contribution in [0.3, 0.4) is 0 Å². The highest BCUT2D eigenvalue weighted by Crippen LogP contribution is 2.10. The Bertz CT molecular complexity index is 505. The highest BCUT2D eigenvalue weighted by atomic mass is 16.4. The predicted molar refractivity (Wildman–Crippen MR) is 81.6 cm³/mol. The van der Waals surface area contributed by atoms with Gasteiger partial charge in [-0.05, 0) is 25.1 Å². The van der Waals surface area contributed by atoms with E-state index in [1.54, 1.807) is 24.3 Å². The normalized spacial score (nSPS) is 17.0. The number of carbonyl (C=O) groups excluding carboxylic acids is 1. The fraction of sp³-hybridized carbons (Fsp3) is 0.467. The first-order valence-electron chi connectivity index (χ1n) is 7.25. The Labute approximate surface area is 124 Å². The summed E-state index contributed by atoms with van der Waals surface area (Å²) in [5.74, 6) is 0.0828. The van der Waals surface area contributed by atoms with Crippen molar-refractivity contribution in [1.82, 2.24) is 9.80 Å². The third-order valence-electron chi connectivity index (χ3n) is 3.73. The molecule has 0 bridgehead atoms. The van der Waals surface area contributed by atoms with E-state index >= 15 is 0 Å². The van der Waals surface area contributed by atoms with Crippen LogP contribution in [-0.2, 0) is 0 Å². The lowest BCUT2D eigenvalue weighted by Gasteiger charge is -2.34. The molecule has 1 aromatic carbocycles. The molecule has 1 aromatic rings. The van der Waals surface area contributed by atoms with E-state index in [2.05, 4.69) is 17.0 Å². The molecule has 0 spiro atoms. The standard InChI is InChI=1S/C15H22N4O2/c1-2-7-18-8-10-19(11-9-18)15(20)13-5-3-12(4-6-13)14(16)17-21/h3-6,21H,2,7-11H2,1H3,(H2,16,17). The van der Waals surface area contributed by atoms with Gasteiger partial charge in [-0.25, -0.2) is 0 Å². The second-order valence-corrected chi connectivity index (χ2v) is 5.20. The number of hydrogen-bond donors (Lipinski definition) is 2. The lowest BCUT2D eigenvalue weighted by molar-refractivity contribution is 0.0637. The van der Waals surface area contributed by atoms with Crippen molar-refractivity contribution in [3.05, 3.63) is 35.4 Å². The molecule has 21 heavy (non-hydrogen) atoms. The Balaban J connectivity index is 1.98. The van der Waals surface area contributed by atoms with Crippen molar-refractivity contribution in [3.8, 4) is 0 Å². The SMILES string of the molecule is CCCN1CCN(C(=O)c2ccc(/C(N)=N/O)cc2)CC1. The molecule has 3 N–H and O–H groups in total. The van der Waals surface area contributed by atoms with Gasteiger partial charge >= 0.3 is 0 Å². The molecule has 6 nitrogen and oxygen atoms in total. The van der Waals surface area contributed by atoms with Crippen molar-refractivity contribution < 1.29 is 10.0 Å². The quantitative estimate of drug-likeness (QED) is 0.374. The fourth-order valence-corrected chi connectivity index (χ4v) is 2.51. The monoisotopic (exact) mass is 290 g/mol. The lowest BCUT2D eigenvalue weighted by atomic mass is 10.1. The second-order valence-electron chi connectivity index (χ2n) is 5.20. The first-order valence-corrected chi connectivity index (χ1v) is 7.25. The summed E-state index contributed by atoms with van der Waals surface area (Å²) >= 11 is 0. The highest BCUT2D eigenvalue weighted by Gasteiger charge is 2.21. The number of amides is 1. The average Bonchev–Trinajstić information content (AvgIpc) is 2.54. The third-order valence-corrected chi connectivity index (χ3v) is 3.73. The van der Waals surface area contributed by atoms with E-state index in [1.165, 1.54) is 0 Å². The maximum absolute atomic E-state index is 12.4. The molecule has 1 aliphatic heterocycles. The molecule has 0 atom stereocenters. The Morgan fingerprint density at radius 3 is 2.29 bits per heavy atom. The van der Waals surface area contributed by atoms with E-state index in [9.17, 15) is 4.79 Å². The van der Waals surface area contributed by atoms with Crippen molar-refractivity contribution in [2.75, 3.05) is 32.7 Å². The number of amidine groups is 1. The van der Waals surface area contributed by atoms with Gasteiger partial charge in [0, 0.05) is 37.3 Å². The van der Waals surface area contributed by atoms with Crippen LogP contribution in [0.4, 0.5) is 0 Å². The number of benzene rings is 1. The van der Waals surface area contributed by atoms with Crippen LogP contribution in [0.15, 0.2) is 29.4 Å². The molecule has 1 aliphatic rings. The molecule has 0 saturated carbocycles. The molecule has 0 aliphatic carbocycles. The second kappa shape index (κ2) is 7.08. The Kier molecular flexibility index (Phi) is 5.16. The molecule has 0 unspecified atom stereocenters. The minimum atomic E-state index is 0.0391. The number of nitrogens with two attached hydrogens (primary N) is 1. The summed E-state index contributed by atoms with van der Waals surface area (Å²) in [4.78, 5) is 16.7. The number of oxime groups is 1. The molecule has 1 fully saturated rings. The molecule has 1 heterocycles. The molecule has 1 amide bonds. The number of carbonyl (C=O) groups is 1. The van der Waals surface area contributed by atoms with E-state index in [0.29, 0.717) is 11.1 Å². The van der Waals surface area contributed by atoms with Crippen molar-refractivity contribution >= 4 is 11.7 Å². The fourth-order valence-electron chi connectivity index (χ4n) is 2.51. The topological polar surface area (TPSA) is 82.2 Å². The van der Waals surface area contributed by atoms with Gasteiger partial charge in [0.15, 0.2) is 5.84 Å². The predicted octanol–water partition coefficient (Wildman–Crippen LogP) is 0.949. The summed E-state index contributed by atoms with van der Waals surface area (Å²) in [5.41, 5.74) is 6.74. The Morgan fingerprint density at radius 2 is 1.76 bits per heavy atom. The molecule has 0 aromatic heterocycles. The average molecular weight is 290 g/mol. The molecule has 6 heteroatoms. The van der Waals surface area contributed by atoms with Crippen LogP contribution in [0.25, 0.3) is 0 Å². The van der Waals surface area contributed by atoms with Gasteiger partial charge in [0.05, 0.1) is 0 Å². The van der Waals surface area contributed by atoms with Crippen molar-refractivity contribution in [3.63, 3.8) is 0 Å². The zero-order chi connectivity index (χ0) is 15.2. The number of rotatable bonds is 4. The summed E-state index contributed by atoms with van der Waals surface area (Å²) in [6, 6.07) is 6.81. The number of hydrogen-bond acceptors (Lipinski definition) is 4. The Morgan fingerprint density at radius 1 is 1.19 bits per heavy atom. The summed E-state index contributed by atoms with van der Waals surface area (Å²) in [5, 5.41) is 11.6. The summed E-state index contributed by atoms with van der Waals surface area (Å²) in [6.07, 6.45) is 1.14. The first-order chi connectivity index (χ1) is 10.2. The zero-order valence-corrected chi connectivity index (χ0v) is 12.3. The number of nitrogens with zero attached hydrogens (tertiary/aromatic N) is 3. The van der Waals surface area contributed by atoms with Crippen LogP contribution in [0.1, 0.15) is 29.3 Å². The smallest absolute Gasteiger partial charge is 0.253 e. The van der Waals surface area contributed by atoms with Crippen molar-refractivity contribution in [2.24, 2.45) is 10.9 Å². The number of piperazine rings is 1. The van der Waals surface area contributed by atoms with Gasteiger partial charge in [-0.3, -0.25) is 9.69 Å². The van der Waals surface area contributed by atoms with E-state index < -0.39 is 0 Å². The highest BCUT2D eigenvalue weighted by molar-refractivity contribution is 5.99. The Hall–Kier alpha value is -2.08. The van der Waals surface area contributed by atoms with Gasteiger partial charge in [0.25, 0.3) is 5.91 Å². The van der Waals surface area contributed by atoms with Crippen molar-refractivity contribution in [1.29, 1.82) is 0 Å². The molecule has 2 rings (SSSR count). The van der Waals surface area contributed by atoms with Crippen LogP contribution in [0.5, 0.6) is 0 Å². The van der Waals surface area contributed by atoms with E-state index in [1.807, 2.05) is 4.90 Å². The van der Waals surface area contributed by atoms with Gasteiger partial charge in [-0.15, -0.1) is 0 Å². The van der Waals surface area contributed by atoms with E-state index in [0.717, 1.165) is 39.1 Å². The van der Waals surface area contributed by atoms with Gasteiger partial charge in [0.1, 0.15) is 0 Å². The molecular weight excluding hydrogens is 268 g/mol. The van der Waals surface area contributed by atoms with Crippen LogP contribution < -0.4 is 5.73 Å². The van der Waals surface area contributed by atoms with E-state index in [4.69, 9.17) is 10.9 Å². The van der Waals surface area contributed by atoms with Gasteiger partial charge in [0.2, 0.25) is 0 Å². The van der Waals surface area contributed by atoms with E-state index in [-0.39, 0.29) is 11.7 Å². The molecule has 1 saturated heterocycles. The van der Waals surface area contributed by atoms with Gasteiger partial charge in [-0.2, -0.15) is 0 Å². The summed E-state index contributed by atoms with van der Waals surface area (Å²) in [6.45, 7) is 6.65. The van der Waals surface area contributed by atoms with Crippen LogP contribution in [0, 0.1) is 0 Å². The molecule has 114 valence electrons. The van der Waals surface area contributed by atoms with Crippen LogP contribution in [-0.4, -0.2) is 59.5 Å². The first kappa shape index (κ1) is 15.3. The lowest BCUT2D eigenvalue weighted by Crippen LogP contribution is -2.48. The minimum absolute atomic E-state index is 0.0391. The third kappa shape index (κ3) is 3.72. The van der Waals surface area contributed by atoms with Gasteiger partial charge in [-0.1, -0.05) is 24.2 Å². The summed E-state index contributed by atoms with van der Waals surface area (Å²) < 4.78 is 0. The van der Waals surface area contributed by atoms with Crippen LogP contribution in [0.2, 0.25) is 0 Å². The van der Waals surface area contributed by atoms with Crippen LogP contribution >= 0.6 is 0 Å². The molecule has 0 radical (unpaired) electrons. The van der Waals surface area contributed by atoms with Crippen molar-refractivity contribution in [2.45, 2.75) is 13.3 Å². The summed E-state index contributed by atoms with van der Waals surface area (Å²) in [7, 11) is 0. The zero-order valence-electron chi connectivity index (χ0n) is 12.3. The molecular formula is C15H22N4O2. The minimum Gasteiger partial charge on any atom is -0.409 e. The maximum atomic E-state index is 12.4.